The zero-order valence-electron chi connectivity index (χ0n) is 21.4. The number of carbonyl (C=O) groups excluding carboxylic acids is 1. The summed E-state index contributed by atoms with van der Waals surface area (Å²) in [5, 5.41) is 6.73. The van der Waals surface area contributed by atoms with E-state index >= 15 is 0 Å². The molecular weight excluding hydrogens is 482 g/mol. The molecular formula is C26H37N3O6S. The number of carbonyl (C=O) groups is 1. The molecule has 1 unspecified atom stereocenters. The van der Waals surface area contributed by atoms with Crippen LogP contribution < -0.4 is 29.6 Å². The largest absolute Gasteiger partial charge is 0.493 e. The summed E-state index contributed by atoms with van der Waals surface area (Å²) in [6.45, 7) is 1.91. The number of hydrogen-bond donors (Lipinski definition) is 3. The van der Waals surface area contributed by atoms with Crippen LogP contribution in [0.4, 0.5) is 5.69 Å². The monoisotopic (exact) mass is 519 g/mol. The first-order chi connectivity index (χ1) is 17.3. The van der Waals surface area contributed by atoms with E-state index in [-0.39, 0.29) is 17.7 Å². The van der Waals surface area contributed by atoms with E-state index < -0.39 is 10.0 Å². The fourth-order valence-electron chi connectivity index (χ4n) is 4.37. The molecule has 0 bridgehead atoms. The Morgan fingerprint density at radius 2 is 1.58 bits per heavy atom. The van der Waals surface area contributed by atoms with E-state index in [4.69, 9.17) is 14.2 Å². The number of anilines is 1. The standard InChI is InChI=1S/C26H37N3O6S/c1-5-36(31,32)29-21-13-11-18(12-14-21)26(30)27-17-22(28-20-9-7-6-8-10-20)19-15-23(33-2)25(35-4)24(16-19)34-3/h11-16,20,22,28-29H,5-10,17H2,1-4H3,(H,27,30). The number of ether oxygens (including phenoxy) is 3. The highest BCUT2D eigenvalue weighted by Crippen LogP contribution is 2.40. The Morgan fingerprint density at radius 3 is 2.11 bits per heavy atom. The molecule has 1 amide bonds. The molecule has 9 nitrogen and oxygen atoms in total. The zero-order valence-corrected chi connectivity index (χ0v) is 22.2. The molecule has 36 heavy (non-hydrogen) atoms. The molecule has 1 saturated carbocycles. The molecule has 3 rings (SSSR count). The first kappa shape index (κ1) is 27.6. The van der Waals surface area contributed by atoms with Gasteiger partial charge in [0.05, 0.1) is 33.1 Å². The zero-order chi connectivity index (χ0) is 26.1. The van der Waals surface area contributed by atoms with Gasteiger partial charge in [-0.2, -0.15) is 0 Å². The number of benzene rings is 2. The molecule has 2 aromatic rings. The Morgan fingerprint density at radius 1 is 0.972 bits per heavy atom. The van der Waals surface area contributed by atoms with E-state index in [0.29, 0.717) is 41.1 Å². The van der Waals surface area contributed by atoms with Crippen molar-refractivity contribution in [3.8, 4) is 17.2 Å². The summed E-state index contributed by atoms with van der Waals surface area (Å²) in [5.74, 6) is 1.36. The molecule has 1 aliphatic carbocycles. The van der Waals surface area contributed by atoms with Crippen LogP contribution in [0.15, 0.2) is 36.4 Å². The van der Waals surface area contributed by atoms with Crippen molar-refractivity contribution in [3.05, 3.63) is 47.5 Å². The second-order valence-corrected chi connectivity index (χ2v) is 10.8. The Labute approximate surface area is 214 Å². The smallest absolute Gasteiger partial charge is 0.251 e. The lowest BCUT2D eigenvalue weighted by molar-refractivity contribution is 0.0948. The Hall–Kier alpha value is -2.98. The van der Waals surface area contributed by atoms with Crippen LogP contribution in [0.25, 0.3) is 0 Å². The van der Waals surface area contributed by atoms with Crippen molar-refractivity contribution in [1.82, 2.24) is 10.6 Å². The second-order valence-electron chi connectivity index (χ2n) is 8.81. The van der Waals surface area contributed by atoms with Crippen molar-refractivity contribution in [2.24, 2.45) is 0 Å². The normalized spacial score (nSPS) is 15.1. The van der Waals surface area contributed by atoms with Crippen LogP contribution in [0, 0.1) is 0 Å². The summed E-state index contributed by atoms with van der Waals surface area (Å²) >= 11 is 0. The van der Waals surface area contributed by atoms with Gasteiger partial charge >= 0.3 is 0 Å². The van der Waals surface area contributed by atoms with Gasteiger partial charge in [-0.3, -0.25) is 9.52 Å². The highest BCUT2D eigenvalue weighted by atomic mass is 32.2. The van der Waals surface area contributed by atoms with Crippen molar-refractivity contribution in [2.75, 3.05) is 38.3 Å². The first-order valence-corrected chi connectivity index (χ1v) is 13.9. The number of hydrogen-bond acceptors (Lipinski definition) is 7. The molecule has 10 heteroatoms. The highest BCUT2D eigenvalue weighted by Gasteiger charge is 2.23. The molecule has 1 atom stereocenters. The molecule has 0 heterocycles. The first-order valence-electron chi connectivity index (χ1n) is 12.2. The number of nitrogens with one attached hydrogen (secondary N) is 3. The quantitative estimate of drug-likeness (QED) is 0.390. The topological polar surface area (TPSA) is 115 Å². The summed E-state index contributed by atoms with van der Waals surface area (Å²) in [6.07, 6.45) is 5.78. The van der Waals surface area contributed by atoms with Crippen LogP contribution in [0.1, 0.15) is 61.0 Å². The van der Waals surface area contributed by atoms with Crippen LogP contribution in [-0.4, -0.2) is 54.0 Å². The molecule has 0 aromatic heterocycles. The van der Waals surface area contributed by atoms with Gasteiger partial charge in [0, 0.05) is 23.8 Å². The minimum absolute atomic E-state index is 0.0223. The molecule has 0 saturated heterocycles. The van der Waals surface area contributed by atoms with Crippen LogP contribution in [-0.2, 0) is 10.0 Å². The van der Waals surface area contributed by atoms with E-state index in [1.165, 1.54) is 19.3 Å². The van der Waals surface area contributed by atoms with E-state index in [1.54, 1.807) is 52.5 Å². The van der Waals surface area contributed by atoms with Gasteiger partial charge in [0.15, 0.2) is 11.5 Å². The third-order valence-electron chi connectivity index (χ3n) is 6.40. The van der Waals surface area contributed by atoms with E-state index in [1.807, 2.05) is 12.1 Å². The Bertz CT molecular complexity index is 1090. The van der Waals surface area contributed by atoms with Gasteiger partial charge in [-0.1, -0.05) is 19.3 Å². The van der Waals surface area contributed by atoms with Crippen molar-refractivity contribution in [1.29, 1.82) is 0 Å². The van der Waals surface area contributed by atoms with Crippen LogP contribution in [0.3, 0.4) is 0 Å². The van der Waals surface area contributed by atoms with Crippen LogP contribution in [0.2, 0.25) is 0 Å². The summed E-state index contributed by atoms with van der Waals surface area (Å²) in [6, 6.07) is 10.4. The number of rotatable bonds is 12. The fourth-order valence-corrected chi connectivity index (χ4v) is 5.01. The molecule has 1 aliphatic rings. The van der Waals surface area contributed by atoms with E-state index in [9.17, 15) is 13.2 Å². The maximum absolute atomic E-state index is 12.9. The molecule has 0 spiro atoms. The number of sulfonamides is 1. The minimum Gasteiger partial charge on any atom is -0.493 e. The van der Waals surface area contributed by atoms with E-state index in [2.05, 4.69) is 15.4 Å². The lowest BCUT2D eigenvalue weighted by Gasteiger charge is -2.29. The van der Waals surface area contributed by atoms with Crippen molar-refractivity contribution in [2.45, 2.75) is 51.1 Å². The average Bonchev–Trinajstić information content (AvgIpc) is 2.90. The molecule has 2 aromatic carbocycles. The fraction of sp³-hybridized carbons (Fsp3) is 0.500. The lowest BCUT2D eigenvalue weighted by atomic mass is 9.93. The second kappa shape index (κ2) is 12.8. The summed E-state index contributed by atoms with van der Waals surface area (Å²) in [7, 11) is 1.35. The van der Waals surface area contributed by atoms with Gasteiger partial charge in [-0.05, 0) is 61.7 Å². The van der Waals surface area contributed by atoms with Crippen molar-refractivity contribution < 1.29 is 27.4 Å². The summed E-state index contributed by atoms with van der Waals surface area (Å²) in [5.41, 5.74) is 1.78. The maximum atomic E-state index is 12.9. The highest BCUT2D eigenvalue weighted by molar-refractivity contribution is 7.92. The van der Waals surface area contributed by atoms with Gasteiger partial charge in [0.1, 0.15) is 0 Å². The van der Waals surface area contributed by atoms with Gasteiger partial charge in [0.25, 0.3) is 5.91 Å². The van der Waals surface area contributed by atoms with Gasteiger partial charge in [0.2, 0.25) is 15.8 Å². The SMILES string of the molecule is CCS(=O)(=O)Nc1ccc(C(=O)NCC(NC2CCCCC2)c2cc(OC)c(OC)c(OC)c2)cc1. The lowest BCUT2D eigenvalue weighted by Crippen LogP contribution is -2.40. The molecule has 0 radical (unpaired) electrons. The van der Waals surface area contributed by atoms with Crippen LogP contribution >= 0.6 is 0 Å². The van der Waals surface area contributed by atoms with Gasteiger partial charge in [-0.25, -0.2) is 8.42 Å². The third-order valence-corrected chi connectivity index (χ3v) is 7.71. The maximum Gasteiger partial charge on any atom is 0.251 e. The van der Waals surface area contributed by atoms with E-state index in [0.717, 1.165) is 18.4 Å². The predicted octanol–water partition coefficient (Wildman–Crippen LogP) is 3.87. The summed E-state index contributed by atoms with van der Waals surface area (Å²) < 4.78 is 42.6. The molecule has 198 valence electrons. The minimum atomic E-state index is -3.38. The van der Waals surface area contributed by atoms with Crippen molar-refractivity contribution in [3.63, 3.8) is 0 Å². The molecule has 1 fully saturated rings. The van der Waals surface area contributed by atoms with Crippen LogP contribution in [0.5, 0.6) is 17.2 Å². The van der Waals surface area contributed by atoms with Gasteiger partial charge in [-0.15, -0.1) is 0 Å². The van der Waals surface area contributed by atoms with Gasteiger partial charge < -0.3 is 24.8 Å². The molecule has 0 aliphatic heterocycles. The number of methoxy groups -OCH3 is 3. The average molecular weight is 520 g/mol. The third kappa shape index (κ3) is 7.27. The Kier molecular flexibility index (Phi) is 9.83. The summed E-state index contributed by atoms with van der Waals surface area (Å²) in [4.78, 5) is 12.9. The molecule has 3 N–H and O–H groups in total. The number of amides is 1. The predicted molar refractivity (Wildman–Crippen MR) is 141 cm³/mol. The van der Waals surface area contributed by atoms with Crippen molar-refractivity contribution >= 4 is 21.6 Å². The Balaban J connectivity index is 1.78.